The van der Waals surface area contributed by atoms with Gasteiger partial charge in [-0.05, 0) is 13.8 Å². The minimum atomic E-state index is -3.64. The first kappa shape index (κ1) is 6.98. The van der Waals surface area contributed by atoms with Gasteiger partial charge in [-0.25, -0.2) is 8.37 Å². The molecule has 0 saturated carbocycles. The van der Waals surface area contributed by atoms with Gasteiger partial charge < -0.3 is 0 Å². The fraction of sp³-hybridized carbons (Fsp3) is 1.00. The van der Waals surface area contributed by atoms with E-state index in [0.29, 0.717) is 0 Å². The van der Waals surface area contributed by atoms with Gasteiger partial charge in [0.25, 0.3) is 0 Å². The van der Waals surface area contributed by atoms with E-state index in [2.05, 4.69) is 8.37 Å². The normalized spacial score (nSPS) is 41.1. The summed E-state index contributed by atoms with van der Waals surface area (Å²) in [5.74, 6) is 0. The smallest absolute Gasteiger partial charge is 0.242 e. The van der Waals surface area contributed by atoms with E-state index >= 15 is 0 Å². The van der Waals surface area contributed by atoms with E-state index in [-0.39, 0.29) is 12.2 Å². The molecule has 1 rings (SSSR count). The van der Waals surface area contributed by atoms with Crippen molar-refractivity contribution in [2.24, 2.45) is 0 Å². The van der Waals surface area contributed by atoms with Gasteiger partial charge in [0, 0.05) is 0 Å². The molecule has 0 amide bonds. The Morgan fingerprint density at radius 2 is 1.44 bits per heavy atom. The van der Waals surface area contributed by atoms with Crippen molar-refractivity contribution in [1.82, 2.24) is 0 Å². The molecular weight excluding hydrogens is 144 g/mol. The van der Waals surface area contributed by atoms with Crippen molar-refractivity contribution in [3.05, 3.63) is 0 Å². The van der Waals surface area contributed by atoms with Crippen LogP contribution in [0.25, 0.3) is 0 Å². The molecule has 0 radical (unpaired) electrons. The van der Waals surface area contributed by atoms with E-state index in [1.54, 1.807) is 13.8 Å². The largest absolute Gasteiger partial charge is 0.400 e. The van der Waals surface area contributed by atoms with Crippen LogP contribution in [0.1, 0.15) is 13.8 Å². The molecule has 0 aromatic carbocycles. The van der Waals surface area contributed by atoms with Crippen LogP contribution in [0.2, 0.25) is 0 Å². The molecule has 1 aliphatic heterocycles. The van der Waals surface area contributed by atoms with Crippen LogP contribution in [0.4, 0.5) is 0 Å². The summed E-state index contributed by atoms with van der Waals surface area (Å²) in [6.45, 7) is 3.30. The number of hydrogen-bond acceptors (Lipinski definition) is 4. The van der Waals surface area contributed by atoms with Gasteiger partial charge >= 0.3 is 10.4 Å². The van der Waals surface area contributed by atoms with Crippen LogP contribution < -0.4 is 0 Å². The predicted octanol–water partition coefficient (Wildman–Crippen LogP) is 0.0550. The maximum atomic E-state index is 10.4. The van der Waals surface area contributed by atoms with Crippen molar-refractivity contribution in [1.29, 1.82) is 0 Å². The Hall–Kier alpha value is -0.130. The topological polar surface area (TPSA) is 52.6 Å². The molecule has 0 unspecified atom stereocenters. The monoisotopic (exact) mass is 152 g/mol. The van der Waals surface area contributed by atoms with Crippen molar-refractivity contribution >= 4 is 10.4 Å². The Kier molecular flexibility index (Phi) is 1.50. The van der Waals surface area contributed by atoms with Gasteiger partial charge in [0.1, 0.15) is 12.2 Å². The SMILES string of the molecule is C[C@H]1OS(=O)(=O)O[C@@H]1C. The molecule has 0 N–H and O–H groups in total. The minimum absolute atomic E-state index is 0.352. The highest BCUT2D eigenvalue weighted by atomic mass is 32.3. The van der Waals surface area contributed by atoms with Gasteiger partial charge in [0.05, 0.1) is 0 Å². The van der Waals surface area contributed by atoms with Gasteiger partial charge in [0.15, 0.2) is 0 Å². The Morgan fingerprint density at radius 3 is 1.56 bits per heavy atom. The van der Waals surface area contributed by atoms with Gasteiger partial charge in [-0.15, -0.1) is 0 Å². The molecule has 0 spiro atoms. The summed E-state index contributed by atoms with van der Waals surface area (Å²) in [6, 6.07) is 0. The van der Waals surface area contributed by atoms with E-state index < -0.39 is 10.4 Å². The highest BCUT2D eigenvalue weighted by Gasteiger charge is 2.33. The van der Waals surface area contributed by atoms with Crippen LogP contribution >= 0.6 is 0 Å². The van der Waals surface area contributed by atoms with Crippen molar-refractivity contribution in [3.8, 4) is 0 Å². The second-order valence-electron chi connectivity index (χ2n) is 2.01. The van der Waals surface area contributed by atoms with E-state index in [1.807, 2.05) is 0 Å². The van der Waals surface area contributed by atoms with Gasteiger partial charge in [-0.3, -0.25) is 0 Å². The lowest BCUT2D eigenvalue weighted by molar-refractivity contribution is 0.187. The molecule has 4 nitrogen and oxygen atoms in total. The lowest BCUT2D eigenvalue weighted by Crippen LogP contribution is -2.13. The molecule has 2 atom stereocenters. The Bertz CT molecular complexity index is 179. The molecule has 5 heteroatoms. The molecular formula is C4H8O4S. The van der Waals surface area contributed by atoms with Crippen LogP contribution in [0.3, 0.4) is 0 Å². The predicted molar refractivity (Wildman–Crippen MR) is 30.0 cm³/mol. The molecule has 54 valence electrons. The molecule has 1 fully saturated rings. The van der Waals surface area contributed by atoms with E-state index in [9.17, 15) is 8.42 Å². The number of hydrogen-bond donors (Lipinski definition) is 0. The third-order valence-electron chi connectivity index (χ3n) is 1.20. The summed E-state index contributed by atoms with van der Waals surface area (Å²) >= 11 is 0. The summed E-state index contributed by atoms with van der Waals surface area (Å²) < 4.78 is 29.6. The van der Waals surface area contributed by atoms with E-state index in [0.717, 1.165) is 0 Å². The van der Waals surface area contributed by atoms with E-state index in [4.69, 9.17) is 0 Å². The Balaban J connectivity index is 2.77. The van der Waals surface area contributed by atoms with Crippen molar-refractivity contribution in [3.63, 3.8) is 0 Å². The molecule has 9 heavy (non-hydrogen) atoms. The van der Waals surface area contributed by atoms with Crippen molar-refractivity contribution in [2.75, 3.05) is 0 Å². The quantitative estimate of drug-likeness (QED) is 0.492. The highest BCUT2D eigenvalue weighted by Crippen LogP contribution is 2.18. The van der Waals surface area contributed by atoms with Crippen LogP contribution in [0.15, 0.2) is 0 Å². The average molecular weight is 152 g/mol. The van der Waals surface area contributed by atoms with Gasteiger partial charge in [-0.2, -0.15) is 8.42 Å². The second kappa shape index (κ2) is 1.93. The first-order valence-corrected chi connectivity index (χ1v) is 3.96. The minimum Gasteiger partial charge on any atom is -0.242 e. The van der Waals surface area contributed by atoms with Crippen LogP contribution in [0.5, 0.6) is 0 Å². The van der Waals surface area contributed by atoms with Crippen LogP contribution in [0, 0.1) is 0 Å². The molecule has 1 aliphatic rings. The second-order valence-corrected chi connectivity index (χ2v) is 3.21. The first-order chi connectivity index (χ1) is 4.01. The molecule has 0 aromatic rings. The zero-order valence-electron chi connectivity index (χ0n) is 5.20. The highest BCUT2D eigenvalue weighted by molar-refractivity contribution is 7.82. The number of rotatable bonds is 0. The molecule has 0 bridgehead atoms. The van der Waals surface area contributed by atoms with Gasteiger partial charge in [0.2, 0.25) is 0 Å². The maximum absolute atomic E-state index is 10.4. The third kappa shape index (κ3) is 1.41. The zero-order chi connectivity index (χ0) is 7.07. The fourth-order valence-electron chi connectivity index (χ4n) is 0.551. The molecule has 0 aromatic heterocycles. The van der Waals surface area contributed by atoms with Crippen molar-refractivity contribution in [2.45, 2.75) is 26.1 Å². The van der Waals surface area contributed by atoms with Crippen molar-refractivity contribution < 1.29 is 16.8 Å². The van der Waals surface area contributed by atoms with Gasteiger partial charge in [-0.1, -0.05) is 0 Å². The molecule has 0 aliphatic carbocycles. The fourth-order valence-corrected chi connectivity index (χ4v) is 1.65. The molecule has 1 saturated heterocycles. The average Bonchev–Trinajstić information content (AvgIpc) is 1.79. The Morgan fingerprint density at radius 1 is 1.11 bits per heavy atom. The lowest BCUT2D eigenvalue weighted by Gasteiger charge is -1.98. The summed E-state index contributed by atoms with van der Waals surface area (Å²) in [5.41, 5.74) is 0. The van der Waals surface area contributed by atoms with Crippen LogP contribution in [-0.2, 0) is 18.8 Å². The molecule has 1 heterocycles. The van der Waals surface area contributed by atoms with Crippen LogP contribution in [-0.4, -0.2) is 20.6 Å². The summed E-state index contributed by atoms with van der Waals surface area (Å²) in [5, 5.41) is 0. The standard InChI is InChI=1S/C4H8O4S/c1-3-4(2)8-9(5,6)7-3/h3-4H,1-2H3/t3-,4-/m1/s1. The summed E-state index contributed by atoms with van der Waals surface area (Å²) in [6.07, 6.45) is -0.704. The van der Waals surface area contributed by atoms with E-state index in [1.165, 1.54) is 0 Å². The lowest BCUT2D eigenvalue weighted by atomic mass is 10.3. The Labute approximate surface area is 54.1 Å². The first-order valence-electron chi connectivity index (χ1n) is 2.63. The summed E-state index contributed by atoms with van der Waals surface area (Å²) in [4.78, 5) is 0. The third-order valence-corrected chi connectivity index (χ3v) is 2.28. The zero-order valence-corrected chi connectivity index (χ0v) is 6.01. The maximum Gasteiger partial charge on any atom is 0.400 e. The summed E-state index contributed by atoms with van der Waals surface area (Å²) in [7, 11) is -3.64.